The molecule has 1 heterocycles. The molecule has 1 fully saturated rings. The SMILES string of the molecule is CC1(NCc2cc(Cl)ccc2F)CCNC1. The molecule has 1 saturated heterocycles. The van der Waals surface area contributed by atoms with Gasteiger partial charge in [0, 0.05) is 29.2 Å². The van der Waals surface area contributed by atoms with E-state index in [-0.39, 0.29) is 11.4 Å². The Morgan fingerprint density at radius 3 is 3.06 bits per heavy atom. The Bertz CT molecular complexity index is 375. The summed E-state index contributed by atoms with van der Waals surface area (Å²) in [7, 11) is 0. The number of hydrogen-bond acceptors (Lipinski definition) is 2. The van der Waals surface area contributed by atoms with E-state index in [9.17, 15) is 4.39 Å². The molecule has 0 amide bonds. The zero-order valence-corrected chi connectivity index (χ0v) is 10.1. The van der Waals surface area contributed by atoms with Gasteiger partial charge in [-0.25, -0.2) is 4.39 Å². The van der Waals surface area contributed by atoms with Gasteiger partial charge >= 0.3 is 0 Å². The lowest BCUT2D eigenvalue weighted by molar-refractivity contribution is 0.382. The summed E-state index contributed by atoms with van der Waals surface area (Å²) < 4.78 is 13.5. The molecule has 0 bridgehead atoms. The minimum absolute atomic E-state index is 0.0642. The van der Waals surface area contributed by atoms with Gasteiger partial charge < -0.3 is 10.6 Å². The van der Waals surface area contributed by atoms with E-state index >= 15 is 0 Å². The van der Waals surface area contributed by atoms with Crippen molar-refractivity contribution in [3.63, 3.8) is 0 Å². The average molecular weight is 243 g/mol. The van der Waals surface area contributed by atoms with Gasteiger partial charge in [0.15, 0.2) is 0 Å². The second-order valence-electron chi connectivity index (χ2n) is 4.58. The lowest BCUT2D eigenvalue weighted by atomic mass is 10.0. The molecule has 0 radical (unpaired) electrons. The van der Waals surface area contributed by atoms with Crippen LogP contribution in [0, 0.1) is 5.82 Å². The molecular formula is C12H16ClFN2. The number of hydrogen-bond donors (Lipinski definition) is 2. The van der Waals surface area contributed by atoms with Gasteiger partial charge in [0.1, 0.15) is 5.82 Å². The van der Waals surface area contributed by atoms with E-state index in [1.54, 1.807) is 12.1 Å². The third-order valence-corrected chi connectivity index (χ3v) is 3.32. The Morgan fingerprint density at radius 2 is 2.38 bits per heavy atom. The minimum atomic E-state index is -0.202. The van der Waals surface area contributed by atoms with Gasteiger partial charge in [-0.05, 0) is 38.1 Å². The molecule has 16 heavy (non-hydrogen) atoms. The first-order chi connectivity index (χ1) is 7.59. The maximum absolute atomic E-state index is 13.5. The van der Waals surface area contributed by atoms with E-state index in [1.807, 2.05) is 0 Å². The summed E-state index contributed by atoms with van der Waals surface area (Å²) in [5.41, 5.74) is 0.690. The summed E-state index contributed by atoms with van der Waals surface area (Å²) in [6, 6.07) is 4.66. The minimum Gasteiger partial charge on any atom is -0.315 e. The summed E-state index contributed by atoms with van der Waals surface area (Å²) in [4.78, 5) is 0. The molecule has 1 aliphatic rings. The first-order valence-corrected chi connectivity index (χ1v) is 5.87. The van der Waals surface area contributed by atoms with Crippen LogP contribution >= 0.6 is 11.6 Å². The van der Waals surface area contributed by atoms with Crippen molar-refractivity contribution in [2.75, 3.05) is 13.1 Å². The van der Waals surface area contributed by atoms with E-state index in [0.29, 0.717) is 17.1 Å². The zero-order valence-electron chi connectivity index (χ0n) is 9.32. The highest BCUT2D eigenvalue weighted by molar-refractivity contribution is 6.30. The van der Waals surface area contributed by atoms with Gasteiger partial charge in [0.25, 0.3) is 0 Å². The largest absolute Gasteiger partial charge is 0.315 e. The molecule has 88 valence electrons. The maximum Gasteiger partial charge on any atom is 0.127 e. The molecule has 1 aromatic carbocycles. The Balaban J connectivity index is 2.01. The van der Waals surface area contributed by atoms with E-state index in [1.165, 1.54) is 6.07 Å². The van der Waals surface area contributed by atoms with Crippen LogP contribution in [0.15, 0.2) is 18.2 Å². The molecule has 1 atom stereocenters. The molecule has 1 aliphatic heterocycles. The number of nitrogens with one attached hydrogen (secondary N) is 2. The Hall–Kier alpha value is -0.640. The molecule has 0 saturated carbocycles. The fourth-order valence-corrected chi connectivity index (χ4v) is 2.15. The van der Waals surface area contributed by atoms with Crippen molar-refractivity contribution in [2.24, 2.45) is 0 Å². The molecule has 4 heteroatoms. The van der Waals surface area contributed by atoms with Crippen molar-refractivity contribution in [1.82, 2.24) is 10.6 Å². The lowest BCUT2D eigenvalue weighted by Crippen LogP contribution is -2.43. The summed E-state index contributed by atoms with van der Waals surface area (Å²) >= 11 is 5.84. The Labute approximate surface area is 100 Å². The van der Waals surface area contributed by atoms with E-state index < -0.39 is 0 Å². The second-order valence-corrected chi connectivity index (χ2v) is 5.01. The first kappa shape index (κ1) is 11.8. The highest BCUT2D eigenvalue weighted by Gasteiger charge is 2.27. The molecular weight excluding hydrogens is 227 g/mol. The average Bonchev–Trinajstić information content (AvgIpc) is 2.67. The molecule has 1 aromatic rings. The van der Waals surface area contributed by atoms with Crippen molar-refractivity contribution in [3.8, 4) is 0 Å². The molecule has 2 rings (SSSR count). The quantitative estimate of drug-likeness (QED) is 0.850. The van der Waals surface area contributed by atoms with Crippen LogP contribution in [0.4, 0.5) is 4.39 Å². The van der Waals surface area contributed by atoms with Crippen molar-refractivity contribution in [2.45, 2.75) is 25.4 Å². The predicted molar refractivity (Wildman–Crippen MR) is 64.1 cm³/mol. The number of benzene rings is 1. The van der Waals surface area contributed by atoms with Gasteiger partial charge in [-0.15, -0.1) is 0 Å². The van der Waals surface area contributed by atoms with Crippen LogP contribution in [0.25, 0.3) is 0 Å². The van der Waals surface area contributed by atoms with Gasteiger partial charge in [0.2, 0.25) is 0 Å². The van der Waals surface area contributed by atoms with Gasteiger partial charge in [0.05, 0.1) is 0 Å². The van der Waals surface area contributed by atoms with E-state index in [0.717, 1.165) is 19.5 Å². The van der Waals surface area contributed by atoms with E-state index in [4.69, 9.17) is 11.6 Å². The van der Waals surface area contributed by atoms with Crippen LogP contribution in [-0.2, 0) is 6.54 Å². The summed E-state index contributed by atoms with van der Waals surface area (Å²) in [6.07, 6.45) is 1.06. The highest BCUT2D eigenvalue weighted by Crippen LogP contribution is 2.18. The highest BCUT2D eigenvalue weighted by atomic mass is 35.5. The van der Waals surface area contributed by atoms with Crippen molar-refractivity contribution >= 4 is 11.6 Å². The lowest BCUT2D eigenvalue weighted by Gasteiger charge is -2.24. The zero-order chi connectivity index (χ0) is 11.6. The molecule has 1 unspecified atom stereocenters. The van der Waals surface area contributed by atoms with Gasteiger partial charge in [-0.3, -0.25) is 0 Å². The van der Waals surface area contributed by atoms with Crippen molar-refractivity contribution in [1.29, 1.82) is 0 Å². The molecule has 0 aliphatic carbocycles. The Morgan fingerprint density at radius 1 is 1.56 bits per heavy atom. The van der Waals surface area contributed by atoms with Gasteiger partial charge in [-0.2, -0.15) is 0 Å². The second kappa shape index (κ2) is 4.70. The van der Waals surface area contributed by atoms with Crippen molar-refractivity contribution in [3.05, 3.63) is 34.6 Å². The van der Waals surface area contributed by atoms with Crippen LogP contribution in [-0.4, -0.2) is 18.6 Å². The maximum atomic E-state index is 13.5. The normalized spacial score (nSPS) is 24.9. The predicted octanol–water partition coefficient (Wildman–Crippen LogP) is 2.32. The monoisotopic (exact) mass is 242 g/mol. The first-order valence-electron chi connectivity index (χ1n) is 5.49. The molecule has 2 N–H and O–H groups in total. The fraction of sp³-hybridized carbons (Fsp3) is 0.500. The van der Waals surface area contributed by atoms with Crippen LogP contribution in [0.2, 0.25) is 5.02 Å². The third-order valence-electron chi connectivity index (χ3n) is 3.08. The summed E-state index contributed by atoms with van der Waals surface area (Å²) in [6.45, 7) is 4.61. The fourth-order valence-electron chi connectivity index (χ4n) is 1.96. The number of rotatable bonds is 3. The van der Waals surface area contributed by atoms with E-state index in [2.05, 4.69) is 17.6 Å². The number of halogens is 2. The van der Waals surface area contributed by atoms with Crippen LogP contribution in [0.1, 0.15) is 18.9 Å². The molecule has 0 spiro atoms. The van der Waals surface area contributed by atoms with Crippen molar-refractivity contribution < 1.29 is 4.39 Å². The smallest absolute Gasteiger partial charge is 0.127 e. The van der Waals surface area contributed by atoms with Crippen LogP contribution in [0.5, 0.6) is 0 Å². The topological polar surface area (TPSA) is 24.1 Å². The van der Waals surface area contributed by atoms with Crippen LogP contribution < -0.4 is 10.6 Å². The van der Waals surface area contributed by atoms with Gasteiger partial charge in [-0.1, -0.05) is 11.6 Å². The Kier molecular flexibility index (Phi) is 3.47. The molecule has 2 nitrogen and oxygen atoms in total. The summed E-state index contributed by atoms with van der Waals surface area (Å²) in [5, 5.41) is 7.25. The van der Waals surface area contributed by atoms with Crippen LogP contribution in [0.3, 0.4) is 0 Å². The molecule has 0 aromatic heterocycles. The third kappa shape index (κ3) is 2.73. The summed E-state index contributed by atoms with van der Waals surface area (Å²) in [5.74, 6) is -0.202. The standard InChI is InChI=1S/C12H16ClFN2/c1-12(4-5-15-8-12)16-7-9-6-10(13)2-3-11(9)14/h2-3,6,15-16H,4-5,7-8H2,1H3.